The van der Waals surface area contributed by atoms with E-state index in [-0.39, 0.29) is 10.9 Å². The predicted octanol–water partition coefficient (Wildman–Crippen LogP) is 1.30. The molecule has 0 aromatic heterocycles. The largest absolute Gasteiger partial charge is 0.375 e. The standard InChI is InChI=1S/C9H10FN3S/c1-6-4-8(10)3-2-7(6)5-12-13-9(11)14/h2-5H,1H3,(H3,11,13,14). The minimum atomic E-state index is -0.262. The van der Waals surface area contributed by atoms with Gasteiger partial charge in [0.15, 0.2) is 5.11 Å². The molecule has 0 unspecified atom stereocenters. The highest BCUT2D eigenvalue weighted by molar-refractivity contribution is 7.80. The zero-order valence-corrected chi connectivity index (χ0v) is 8.44. The molecular weight excluding hydrogens is 201 g/mol. The van der Waals surface area contributed by atoms with Crippen LogP contribution in [0.4, 0.5) is 4.39 Å². The normalized spacial score (nSPS) is 10.4. The SMILES string of the molecule is Cc1cc(F)ccc1C=NNC(N)=S. The van der Waals surface area contributed by atoms with E-state index in [1.807, 2.05) is 0 Å². The van der Waals surface area contributed by atoms with Gasteiger partial charge >= 0.3 is 0 Å². The lowest BCUT2D eigenvalue weighted by Gasteiger charge is -1.99. The van der Waals surface area contributed by atoms with Crippen molar-refractivity contribution in [3.63, 3.8) is 0 Å². The molecule has 1 aromatic carbocycles. The number of hydrogen-bond donors (Lipinski definition) is 2. The molecule has 3 N–H and O–H groups in total. The summed E-state index contributed by atoms with van der Waals surface area (Å²) in [6, 6.07) is 4.44. The molecule has 0 aliphatic rings. The van der Waals surface area contributed by atoms with E-state index in [2.05, 4.69) is 22.7 Å². The van der Waals surface area contributed by atoms with Gasteiger partial charge in [0.05, 0.1) is 6.21 Å². The van der Waals surface area contributed by atoms with E-state index in [1.165, 1.54) is 18.3 Å². The second kappa shape index (κ2) is 4.66. The van der Waals surface area contributed by atoms with Crippen LogP contribution in [0.3, 0.4) is 0 Å². The molecule has 0 atom stereocenters. The van der Waals surface area contributed by atoms with E-state index in [0.717, 1.165) is 11.1 Å². The number of nitrogens with zero attached hydrogens (tertiary/aromatic N) is 1. The molecule has 0 aliphatic carbocycles. The first-order chi connectivity index (χ1) is 6.59. The van der Waals surface area contributed by atoms with E-state index in [9.17, 15) is 4.39 Å². The molecule has 0 amide bonds. The van der Waals surface area contributed by atoms with Crippen LogP contribution < -0.4 is 11.2 Å². The molecule has 14 heavy (non-hydrogen) atoms. The summed E-state index contributed by atoms with van der Waals surface area (Å²) in [6.45, 7) is 1.80. The Labute approximate surface area is 86.8 Å². The van der Waals surface area contributed by atoms with Crippen LogP contribution in [0.25, 0.3) is 0 Å². The van der Waals surface area contributed by atoms with E-state index < -0.39 is 0 Å². The zero-order valence-electron chi connectivity index (χ0n) is 7.62. The third-order valence-electron chi connectivity index (χ3n) is 1.61. The highest BCUT2D eigenvalue weighted by atomic mass is 32.1. The van der Waals surface area contributed by atoms with Gasteiger partial charge in [-0.15, -0.1) is 0 Å². The van der Waals surface area contributed by atoms with Gasteiger partial charge in [0.2, 0.25) is 0 Å². The van der Waals surface area contributed by atoms with Gasteiger partial charge in [0.25, 0.3) is 0 Å². The van der Waals surface area contributed by atoms with Gasteiger partial charge < -0.3 is 5.73 Å². The summed E-state index contributed by atoms with van der Waals surface area (Å²) in [5.74, 6) is -0.262. The summed E-state index contributed by atoms with van der Waals surface area (Å²) in [5.41, 5.74) is 9.21. The molecule has 0 saturated heterocycles. The van der Waals surface area contributed by atoms with E-state index in [0.29, 0.717) is 0 Å². The van der Waals surface area contributed by atoms with Crippen LogP contribution in [0.5, 0.6) is 0 Å². The van der Waals surface area contributed by atoms with Gasteiger partial charge in [-0.1, -0.05) is 6.07 Å². The van der Waals surface area contributed by atoms with Crippen LogP contribution in [0, 0.1) is 12.7 Å². The third-order valence-corrected chi connectivity index (χ3v) is 1.70. The Morgan fingerprint density at radius 2 is 2.36 bits per heavy atom. The molecule has 0 aliphatic heterocycles. The van der Waals surface area contributed by atoms with Gasteiger partial charge in [-0.25, -0.2) is 4.39 Å². The first-order valence-corrected chi connectivity index (χ1v) is 4.35. The zero-order chi connectivity index (χ0) is 10.6. The molecule has 74 valence electrons. The molecule has 0 fully saturated rings. The maximum atomic E-state index is 12.7. The second-order valence-corrected chi connectivity index (χ2v) is 3.17. The van der Waals surface area contributed by atoms with Gasteiger partial charge in [-0.3, -0.25) is 5.43 Å². The molecule has 0 radical (unpaired) electrons. The van der Waals surface area contributed by atoms with Gasteiger partial charge in [-0.2, -0.15) is 5.10 Å². The average Bonchev–Trinajstić information content (AvgIpc) is 2.08. The molecule has 0 spiro atoms. The molecule has 0 saturated carbocycles. The van der Waals surface area contributed by atoms with Crippen molar-refractivity contribution in [2.45, 2.75) is 6.92 Å². The van der Waals surface area contributed by atoms with Crippen LogP contribution >= 0.6 is 12.2 Å². The van der Waals surface area contributed by atoms with Crippen molar-refractivity contribution in [3.8, 4) is 0 Å². The summed E-state index contributed by atoms with van der Waals surface area (Å²) in [6.07, 6.45) is 1.54. The van der Waals surface area contributed by atoms with Crippen LogP contribution in [0.2, 0.25) is 0 Å². The Balaban J connectivity index is 2.76. The smallest absolute Gasteiger partial charge is 0.184 e. The first-order valence-electron chi connectivity index (χ1n) is 3.94. The quantitative estimate of drug-likeness (QED) is 0.440. The van der Waals surface area contributed by atoms with Crippen molar-refractivity contribution in [3.05, 3.63) is 35.1 Å². The van der Waals surface area contributed by atoms with Gasteiger partial charge in [-0.05, 0) is 42.4 Å². The number of aryl methyl sites for hydroxylation is 1. The summed E-state index contributed by atoms with van der Waals surface area (Å²) in [5, 5.41) is 3.87. The topological polar surface area (TPSA) is 50.4 Å². The number of thiocarbonyl (C=S) groups is 1. The molecule has 5 heteroatoms. The number of nitrogens with one attached hydrogen (secondary N) is 1. The third kappa shape index (κ3) is 3.10. The second-order valence-electron chi connectivity index (χ2n) is 2.74. The van der Waals surface area contributed by atoms with Crippen molar-refractivity contribution in [1.82, 2.24) is 5.43 Å². The number of rotatable bonds is 2. The maximum Gasteiger partial charge on any atom is 0.184 e. The van der Waals surface area contributed by atoms with Crippen molar-refractivity contribution in [2.75, 3.05) is 0 Å². The predicted molar refractivity (Wildman–Crippen MR) is 58.7 cm³/mol. The molecule has 0 bridgehead atoms. The summed E-state index contributed by atoms with van der Waals surface area (Å²) in [4.78, 5) is 0. The summed E-state index contributed by atoms with van der Waals surface area (Å²) in [7, 11) is 0. The van der Waals surface area contributed by atoms with E-state index in [1.54, 1.807) is 13.0 Å². The number of hydrogen-bond acceptors (Lipinski definition) is 2. The maximum absolute atomic E-state index is 12.7. The fourth-order valence-corrected chi connectivity index (χ4v) is 1.00. The Morgan fingerprint density at radius 3 is 2.93 bits per heavy atom. The average molecular weight is 211 g/mol. The van der Waals surface area contributed by atoms with Crippen molar-refractivity contribution < 1.29 is 4.39 Å². The minimum Gasteiger partial charge on any atom is -0.375 e. The number of nitrogens with two attached hydrogens (primary N) is 1. The highest BCUT2D eigenvalue weighted by Gasteiger charge is 1.96. The van der Waals surface area contributed by atoms with E-state index in [4.69, 9.17) is 5.73 Å². The summed E-state index contributed by atoms with van der Waals surface area (Å²) < 4.78 is 12.7. The van der Waals surface area contributed by atoms with Crippen molar-refractivity contribution in [2.24, 2.45) is 10.8 Å². The molecular formula is C9H10FN3S. The van der Waals surface area contributed by atoms with Crippen molar-refractivity contribution in [1.29, 1.82) is 0 Å². The number of hydrazone groups is 1. The minimum absolute atomic E-state index is 0.0982. The fraction of sp³-hybridized carbons (Fsp3) is 0.111. The molecule has 0 heterocycles. The lowest BCUT2D eigenvalue weighted by atomic mass is 10.1. The first kappa shape index (κ1) is 10.6. The van der Waals surface area contributed by atoms with Crippen LogP contribution in [-0.2, 0) is 0 Å². The Bertz CT molecular complexity index is 376. The van der Waals surface area contributed by atoms with Crippen LogP contribution in [0.15, 0.2) is 23.3 Å². The molecule has 3 nitrogen and oxygen atoms in total. The lowest BCUT2D eigenvalue weighted by molar-refractivity contribution is 0.626. The summed E-state index contributed by atoms with van der Waals surface area (Å²) >= 11 is 4.56. The number of benzene rings is 1. The van der Waals surface area contributed by atoms with Crippen LogP contribution in [-0.4, -0.2) is 11.3 Å². The van der Waals surface area contributed by atoms with Gasteiger partial charge in [0, 0.05) is 0 Å². The lowest BCUT2D eigenvalue weighted by Crippen LogP contribution is -2.24. The number of halogens is 1. The molecule has 1 aromatic rings. The van der Waals surface area contributed by atoms with Gasteiger partial charge in [0.1, 0.15) is 5.82 Å². The Hall–Kier alpha value is -1.49. The monoisotopic (exact) mass is 211 g/mol. The molecule has 1 rings (SSSR count). The fourth-order valence-electron chi connectivity index (χ4n) is 0.949. The van der Waals surface area contributed by atoms with E-state index >= 15 is 0 Å². The Kier molecular flexibility index (Phi) is 3.53. The highest BCUT2D eigenvalue weighted by Crippen LogP contribution is 2.07. The van der Waals surface area contributed by atoms with Crippen LogP contribution in [0.1, 0.15) is 11.1 Å². The van der Waals surface area contributed by atoms with Crippen molar-refractivity contribution >= 4 is 23.5 Å². The Morgan fingerprint density at radius 1 is 1.64 bits per heavy atom.